The van der Waals surface area contributed by atoms with E-state index in [1.165, 1.54) is 0 Å². The molecule has 0 aromatic rings. The highest BCUT2D eigenvalue weighted by Crippen LogP contribution is 2.09. The minimum atomic E-state index is -3.85. The van der Waals surface area contributed by atoms with Crippen molar-refractivity contribution in [3.05, 3.63) is 0 Å². The van der Waals surface area contributed by atoms with Gasteiger partial charge in [-0.1, -0.05) is 6.92 Å². The predicted molar refractivity (Wildman–Crippen MR) is 83.3 cm³/mol. The Morgan fingerprint density at radius 3 is 2.20 bits per heavy atom. The van der Waals surface area contributed by atoms with Gasteiger partial charge < -0.3 is 15.1 Å². The summed E-state index contributed by atoms with van der Waals surface area (Å²) in [6.45, 7) is 7.60. The maximum absolute atomic E-state index is 10.8. The highest BCUT2D eigenvalue weighted by atomic mass is 32.2. The highest BCUT2D eigenvalue weighted by Gasteiger charge is 2.21. The summed E-state index contributed by atoms with van der Waals surface area (Å²) < 4.78 is 31.2. The molecule has 0 aliphatic heterocycles. The lowest BCUT2D eigenvalue weighted by atomic mass is 10.2. The second-order valence-electron chi connectivity index (χ2n) is 5.82. The van der Waals surface area contributed by atoms with E-state index in [0.29, 0.717) is 13.0 Å². The number of nitrogens with two attached hydrogens (primary N) is 1. The molecule has 0 aromatic heterocycles. The zero-order valence-electron chi connectivity index (χ0n) is 13.2. The van der Waals surface area contributed by atoms with Gasteiger partial charge in [-0.3, -0.25) is 4.55 Å². The molecule has 0 fully saturated rings. The van der Waals surface area contributed by atoms with Gasteiger partial charge in [0.2, 0.25) is 0 Å². The molecule has 122 valence electrons. The minimum Gasteiger partial charge on any atom is -0.330 e. The lowest BCUT2D eigenvalue weighted by Crippen LogP contribution is -2.48. The lowest BCUT2D eigenvalue weighted by molar-refractivity contribution is -0.909. The summed E-state index contributed by atoms with van der Waals surface area (Å²) >= 11 is 0. The Kier molecular flexibility index (Phi) is 9.58. The first-order valence-electron chi connectivity index (χ1n) is 7.40. The van der Waals surface area contributed by atoms with Crippen LogP contribution in [0, 0.1) is 0 Å². The van der Waals surface area contributed by atoms with Gasteiger partial charge in [-0.25, -0.2) is 0 Å². The standard InChI is InChI=1S/C13H31N3O3S/c1-4-15(2)9-6-11-16(3,10-5-8-14)12-7-13-20(17,18)19/h4-14H2,1-3H3/p+1. The first-order valence-corrected chi connectivity index (χ1v) is 9.00. The van der Waals surface area contributed by atoms with Crippen LogP contribution in [-0.4, -0.2) is 81.5 Å². The van der Waals surface area contributed by atoms with E-state index in [-0.39, 0.29) is 5.75 Å². The van der Waals surface area contributed by atoms with Crippen molar-refractivity contribution in [2.24, 2.45) is 5.73 Å². The Hall–Kier alpha value is -0.210. The number of nitrogens with zero attached hydrogens (tertiary/aromatic N) is 2. The normalized spacial score (nSPS) is 15.5. The van der Waals surface area contributed by atoms with Gasteiger partial charge in [-0.2, -0.15) is 8.42 Å². The maximum Gasteiger partial charge on any atom is 0.265 e. The van der Waals surface area contributed by atoms with Gasteiger partial charge in [0.15, 0.2) is 0 Å². The van der Waals surface area contributed by atoms with E-state index in [0.717, 1.165) is 50.0 Å². The fraction of sp³-hybridized carbons (Fsp3) is 1.00. The van der Waals surface area contributed by atoms with E-state index in [9.17, 15) is 8.42 Å². The second-order valence-corrected chi connectivity index (χ2v) is 7.39. The third-order valence-electron chi connectivity index (χ3n) is 3.78. The Morgan fingerprint density at radius 2 is 1.70 bits per heavy atom. The van der Waals surface area contributed by atoms with Crippen LogP contribution in [0.25, 0.3) is 0 Å². The summed E-state index contributed by atoms with van der Waals surface area (Å²) in [7, 11) is 0.396. The molecule has 1 atom stereocenters. The summed E-state index contributed by atoms with van der Waals surface area (Å²) in [4.78, 5) is 2.27. The van der Waals surface area contributed by atoms with Crippen LogP contribution < -0.4 is 5.73 Å². The molecule has 0 aliphatic rings. The number of quaternary nitrogens is 1. The molecule has 0 radical (unpaired) electrons. The van der Waals surface area contributed by atoms with Gasteiger partial charge in [0.1, 0.15) is 0 Å². The molecule has 0 amide bonds. The van der Waals surface area contributed by atoms with Crippen LogP contribution in [0.15, 0.2) is 0 Å². The Morgan fingerprint density at radius 1 is 1.15 bits per heavy atom. The number of hydrogen-bond acceptors (Lipinski definition) is 4. The van der Waals surface area contributed by atoms with Gasteiger partial charge in [0.25, 0.3) is 10.1 Å². The summed E-state index contributed by atoms with van der Waals surface area (Å²) in [5.74, 6) is -0.154. The van der Waals surface area contributed by atoms with Gasteiger partial charge in [-0.15, -0.1) is 0 Å². The van der Waals surface area contributed by atoms with Gasteiger partial charge in [0, 0.05) is 25.8 Å². The lowest BCUT2D eigenvalue weighted by Gasteiger charge is -2.35. The molecule has 6 nitrogen and oxygen atoms in total. The SMILES string of the molecule is CCN(C)CCC[N+](C)(CCCN)CCCS(=O)(=O)O. The Bertz CT molecular complexity index is 349. The second kappa shape index (κ2) is 9.68. The van der Waals surface area contributed by atoms with Crippen molar-refractivity contribution in [3.63, 3.8) is 0 Å². The van der Waals surface area contributed by atoms with Crippen LogP contribution in [0.5, 0.6) is 0 Å². The molecule has 20 heavy (non-hydrogen) atoms. The van der Waals surface area contributed by atoms with Crippen molar-refractivity contribution in [2.75, 3.05) is 59.1 Å². The molecule has 0 bridgehead atoms. The van der Waals surface area contributed by atoms with Crippen LogP contribution in [0.4, 0.5) is 0 Å². The third kappa shape index (κ3) is 10.6. The zero-order valence-corrected chi connectivity index (χ0v) is 14.0. The molecule has 0 saturated carbocycles. The van der Waals surface area contributed by atoms with E-state index < -0.39 is 10.1 Å². The quantitative estimate of drug-likeness (QED) is 0.403. The summed E-state index contributed by atoms with van der Waals surface area (Å²) in [6.07, 6.45) is 2.51. The van der Waals surface area contributed by atoms with Crippen molar-refractivity contribution in [3.8, 4) is 0 Å². The van der Waals surface area contributed by atoms with Crippen molar-refractivity contribution >= 4 is 10.1 Å². The number of rotatable bonds is 12. The fourth-order valence-corrected chi connectivity index (χ4v) is 2.81. The largest absolute Gasteiger partial charge is 0.330 e. The van der Waals surface area contributed by atoms with E-state index in [1.807, 2.05) is 0 Å². The van der Waals surface area contributed by atoms with Crippen molar-refractivity contribution in [1.29, 1.82) is 0 Å². The average Bonchev–Trinajstić information content (AvgIpc) is 2.34. The van der Waals surface area contributed by atoms with E-state index in [1.54, 1.807) is 0 Å². The topological polar surface area (TPSA) is 83.6 Å². The predicted octanol–water partition coefficient (Wildman–Crippen LogP) is 0.402. The molecule has 0 aliphatic carbocycles. The average molecular weight is 310 g/mol. The fourth-order valence-electron chi connectivity index (χ4n) is 2.32. The van der Waals surface area contributed by atoms with Crippen molar-refractivity contribution in [1.82, 2.24) is 4.90 Å². The van der Waals surface area contributed by atoms with Crippen molar-refractivity contribution in [2.45, 2.75) is 26.2 Å². The Labute approximate surface area is 124 Å². The molecule has 3 N–H and O–H groups in total. The third-order valence-corrected chi connectivity index (χ3v) is 4.58. The van der Waals surface area contributed by atoms with Crippen LogP contribution in [0.2, 0.25) is 0 Å². The maximum atomic E-state index is 10.8. The summed E-state index contributed by atoms with van der Waals surface area (Å²) in [5, 5.41) is 0. The van der Waals surface area contributed by atoms with Crippen LogP contribution in [0.3, 0.4) is 0 Å². The molecule has 0 spiro atoms. The molecule has 1 unspecified atom stereocenters. The van der Waals surface area contributed by atoms with E-state index >= 15 is 0 Å². The van der Waals surface area contributed by atoms with Crippen molar-refractivity contribution < 1.29 is 17.5 Å². The molecule has 0 heterocycles. The van der Waals surface area contributed by atoms with Crippen LogP contribution >= 0.6 is 0 Å². The van der Waals surface area contributed by atoms with Gasteiger partial charge in [0.05, 0.1) is 32.4 Å². The first-order chi connectivity index (χ1) is 9.22. The monoisotopic (exact) mass is 310 g/mol. The van der Waals surface area contributed by atoms with Gasteiger partial charge in [-0.05, 0) is 20.1 Å². The molecule has 0 aromatic carbocycles. The molecule has 0 rings (SSSR count). The summed E-state index contributed by atoms with van der Waals surface area (Å²) in [6, 6.07) is 0. The first kappa shape index (κ1) is 19.8. The van der Waals surface area contributed by atoms with E-state index in [2.05, 4.69) is 25.9 Å². The van der Waals surface area contributed by atoms with Gasteiger partial charge >= 0.3 is 0 Å². The Balaban J connectivity index is 4.26. The van der Waals surface area contributed by atoms with Crippen LogP contribution in [-0.2, 0) is 10.1 Å². The smallest absolute Gasteiger partial charge is 0.265 e. The van der Waals surface area contributed by atoms with Crippen LogP contribution in [0.1, 0.15) is 26.2 Å². The van der Waals surface area contributed by atoms with E-state index in [4.69, 9.17) is 10.3 Å². The molecular formula is C13H32N3O3S+. The molecule has 7 heteroatoms. The zero-order chi connectivity index (χ0) is 15.6. The number of hydrogen-bond donors (Lipinski definition) is 2. The molecular weight excluding hydrogens is 278 g/mol. The highest BCUT2D eigenvalue weighted by molar-refractivity contribution is 7.85. The summed E-state index contributed by atoms with van der Waals surface area (Å²) in [5.41, 5.74) is 5.58. The molecule has 0 saturated heterocycles. The minimum absolute atomic E-state index is 0.154.